The lowest BCUT2D eigenvalue weighted by atomic mass is 10.1. The minimum absolute atomic E-state index is 0.100. The highest BCUT2D eigenvalue weighted by Crippen LogP contribution is 2.26. The van der Waals surface area contributed by atoms with Crippen molar-refractivity contribution in [1.82, 2.24) is 4.98 Å². The van der Waals surface area contributed by atoms with Gasteiger partial charge in [-0.3, -0.25) is 14.9 Å². The van der Waals surface area contributed by atoms with Gasteiger partial charge in [0.25, 0.3) is 5.69 Å². The summed E-state index contributed by atoms with van der Waals surface area (Å²) in [7, 11) is 0. The topological polar surface area (TPSA) is 88.4 Å². The molecule has 3 rings (SSSR count). The fourth-order valence-corrected chi connectivity index (χ4v) is 3.26. The molecule has 0 amide bonds. The van der Waals surface area contributed by atoms with Gasteiger partial charge in [0, 0.05) is 37.5 Å². The maximum atomic E-state index is 11.4. The van der Waals surface area contributed by atoms with Crippen molar-refractivity contribution in [2.75, 3.05) is 23.3 Å². The predicted molar refractivity (Wildman–Crippen MR) is 105 cm³/mol. The number of nitro groups is 1. The number of hydrogen-bond donors (Lipinski definition) is 1. The number of carbonyl (C=O) groups excluding carboxylic acids is 1. The maximum absolute atomic E-state index is 11.4. The molecule has 0 atom stereocenters. The van der Waals surface area contributed by atoms with Crippen molar-refractivity contribution >= 4 is 23.0 Å². The predicted octanol–water partition coefficient (Wildman–Crippen LogP) is 4.18. The van der Waals surface area contributed by atoms with Gasteiger partial charge in [-0.05, 0) is 43.5 Å². The average Bonchev–Trinajstić information content (AvgIpc) is 2.96. The molecular formula is C20H24N4O3. The minimum atomic E-state index is -0.477. The molecule has 1 aliphatic rings. The number of pyridine rings is 1. The number of nitrogens with zero attached hydrogens (tertiary/aromatic N) is 3. The van der Waals surface area contributed by atoms with Crippen LogP contribution in [0.25, 0.3) is 0 Å². The van der Waals surface area contributed by atoms with E-state index in [4.69, 9.17) is 0 Å². The molecule has 0 unspecified atom stereocenters. The third kappa shape index (κ3) is 4.81. The molecule has 0 spiro atoms. The van der Waals surface area contributed by atoms with Crippen molar-refractivity contribution in [3.63, 3.8) is 0 Å². The number of aromatic nitrogens is 1. The molecule has 1 N–H and O–H groups in total. The molecule has 0 saturated carbocycles. The first-order valence-electron chi connectivity index (χ1n) is 9.28. The quantitative estimate of drug-likeness (QED) is 0.467. The number of anilines is 2. The standard InChI is InChI=1S/C20H24N4O3/c1-15(25)17-7-8-18(19(12-17)24(26)27)21-13-16-6-9-20(22-14-16)23-10-4-2-3-5-11-23/h6-9,12,14,21H,2-5,10-11,13H2,1H3. The SMILES string of the molecule is CC(=O)c1ccc(NCc2ccc(N3CCCCCC3)nc2)c([N+](=O)[O-])c1. The lowest BCUT2D eigenvalue weighted by Gasteiger charge is -2.21. The summed E-state index contributed by atoms with van der Waals surface area (Å²) in [6.07, 6.45) is 6.76. The number of ketones is 1. The highest BCUT2D eigenvalue weighted by atomic mass is 16.6. The minimum Gasteiger partial charge on any atom is -0.375 e. The summed E-state index contributed by atoms with van der Waals surface area (Å²) in [6.45, 7) is 3.90. The first-order chi connectivity index (χ1) is 13.0. The number of carbonyl (C=O) groups is 1. The van der Waals surface area contributed by atoms with Crippen molar-refractivity contribution < 1.29 is 9.72 Å². The molecule has 2 aromatic rings. The van der Waals surface area contributed by atoms with Crippen LogP contribution in [-0.4, -0.2) is 28.8 Å². The van der Waals surface area contributed by atoms with Crippen LogP contribution in [0.3, 0.4) is 0 Å². The normalized spacial score (nSPS) is 14.5. The number of Topliss-reactive ketones (excluding diaryl/α,β-unsaturated/α-hetero) is 1. The first-order valence-corrected chi connectivity index (χ1v) is 9.28. The van der Waals surface area contributed by atoms with Gasteiger partial charge in [-0.15, -0.1) is 0 Å². The fourth-order valence-electron chi connectivity index (χ4n) is 3.26. The van der Waals surface area contributed by atoms with Crippen LogP contribution in [0.2, 0.25) is 0 Å². The largest absolute Gasteiger partial charge is 0.375 e. The van der Waals surface area contributed by atoms with Crippen LogP contribution in [0.1, 0.15) is 48.5 Å². The van der Waals surface area contributed by atoms with Crippen molar-refractivity contribution in [2.45, 2.75) is 39.2 Å². The number of benzene rings is 1. The summed E-state index contributed by atoms with van der Waals surface area (Å²) in [4.78, 5) is 29.1. The lowest BCUT2D eigenvalue weighted by Crippen LogP contribution is -2.24. The van der Waals surface area contributed by atoms with Gasteiger partial charge >= 0.3 is 0 Å². The van der Waals surface area contributed by atoms with Crippen LogP contribution in [0.15, 0.2) is 36.5 Å². The zero-order valence-electron chi connectivity index (χ0n) is 15.5. The first kappa shape index (κ1) is 18.8. The van der Waals surface area contributed by atoms with Gasteiger partial charge < -0.3 is 10.2 Å². The molecule has 27 heavy (non-hydrogen) atoms. The molecule has 1 fully saturated rings. The molecule has 1 aromatic heterocycles. The Morgan fingerprint density at radius 1 is 1.19 bits per heavy atom. The molecule has 1 saturated heterocycles. The second-order valence-corrected chi connectivity index (χ2v) is 6.82. The van der Waals surface area contributed by atoms with Crippen molar-refractivity contribution in [1.29, 1.82) is 0 Å². The Morgan fingerprint density at radius 3 is 2.52 bits per heavy atom. The van der Waals surface area contributed by atoms with Gasteiger partial charge in [0.1, 0.15) is 11.5 Å². The molecule has 142 valence electrons. The average molecular weight is 368 g/mol. The van der Waals surface area contributed by atoms with Crippen LogP contribution in [-0.2, 0) is 6.54 Å². The molecule has 7 nitrogen and oxygen atoms in total. The van der Waals surface area contributed by atoms with Gasteiger partial charge in [0.15, 0.2) is 5.78 Å². The Morgan fingerprint density at radius 2 is 1.93 bits per heavy atom. The summed E-state index contributed by atoms with van der Waals surface area (Å²) in [5.74, 6) is 0.787. The van der Waals surface area contributed by atoms with Gasteiger partial charge in [0.05, 0.1) is 4.92 Å². The molecule has 1 aliphatic heterocycles. The van der Waals surface area contributed by atoms with Gasteiger partial charge in [-0.25, -0.2) is 4.98 Å². The van der Waals surface area contributed by atoms with Crippen LogP contribution in [0.4, 0.5) is 17.2 Å². The third-order valence-electron chi connectivity index (χ3n) is 4.82. The van der Waals surface area contributed by atoms with Gasteiger partial charge in [-0.2, -0.15) is 0 Å². The number of nitrogens with one attached hydrogen (secondary N) is 1. The van der Waals surface area contributed by atoms with E-state index in [9.17, 15) is 14.9 Å². The second kappa shape index (κ2) is 8.62. The highest BCUT2D eigenvalue weighted by molar-refractivity contribution is 5.95. The van der Waals surface area contributed by atoms with E-state index in [1.807, 2.05) is 18.3 Å². The molecule has 1 aromatic carbocycles. The van der Waals surface area contributed by atoms with Crippen molar-refractivity contribution in [2.24, 2.45) is 0 Å². The van der Waals surface area contributed by atoms with E-state index in [-0.39, 0.29) is 11.5 Å². The van der Waals surface area contributed by atoms with Crippen LogP contribution in [0, 0.1) is 10.1 Å². The van der Waals surface area contributed by atoms with Crippen molar-refractivity contribution in [3.05, 3.63) is 57.8 Å². The van der Waals surface area contributed by atoms with Gasteiger partial charge in [-0.1, -0.05) is 18.9 Å². The van der Waals surface area contributed by atoms with Crippen LogP contribution >= 0.6 is 0 Å². The summed E-state index contributed by atoms with van der Waals surface area (Å²) in [5.41, 5.74) is 1.56. The maximum Gasteiger partial charge on any atom is 0.293 e. The van der Waals surface area contributed by atoms with E-state index in [2.05, 4.69) is 15.2 Å². The monoisotopic (exact) mass is 368 g/mol. The van der Waals surface area contributed by atoms with Crippen LogP contribution in [0.5, 0.6) is 0 Å². The highest BCUT2D eigenvalue weighted by Gasteiger charge is 2.16. The van der Waals surface area contributed by atoms with E-state index in [0.29, 0.717) is 17.8 Å². The fraction of sp³-hybridized carbons (Fsp3) is 0.400. The summed E-state index contributed by atoms with van der Waals surface area (Å²) >= 11 is 0. The summed E-state index contributed by atoms with van der Waals surface area (Å²) in [5, 5.41) is 14.4. The molecule has 0 aliphatic carbocycles. The zero-order chi connectivity index (χ0) is 19.2. The van der Waals surface area contributed by atoms with E-state index in [0.717, 1.165) is 24.5 Å². The summed E-state index contributed by atoms with van der Waals surface area (Å²) < 4.78 is 0. The smallest absolute Gasteiger partial charge is 0.293 e. The number of rotatable bonds is 6. The Bertz CT molecular complexity index is 812. The number of hydrogen-bond acceptors (Lipinski definition) is 6. The molecule has 2 heterocycles. The van der Waals surface area contributed by atoms with E-state index < -0.39 is 4.92 Å². The summed E-state index contributed by atoms with van der Waals surface area (Å²) in [6, 6.07) is 8.49. The lowest BCUT2D eigenvalue weighted by molar-refractivity contribution is -0.384. The van der Waals surface area contributed by atoms with E-state index in [1.54, 1.807) is 12.1 Å². The molecule has 7 heteroatoms. The molecule has 0 radical (unpaired) electrons. The number of nitro benzene ring substituents is 1. The molecular weight excluding hydrogens is 344 g/mol. The molecule has 0 bridgehead atoms. The van der Waals surface area contributed by atoms with Gasteiger partial charge in [0.2, 0.25) is 0 Å². The Balaban J connectivity index is 1.68. The Labute approximate surface area is 158 Å². The Kier molecular flexibility index (Phi) is 6.01. The van der Waals surface area contributed by atoms with Crippen LogP contribution < -0.4 is 10.2 Å². The van der Waals surface area contributed by atoms with E-state index >= 15 is 0 Å². The third-order valence-corrected chi connectivity index (χ3v) is 4.82. The van der Waals surface area contributed by atoms with Crippen molar-refractivity contribution in [3.8, 4) is 0 Å². The Hall–Kier alpha value is -2.96. The second-order valence-electron chi connectivity index (χ2n) is 6.82. The zero-order valence-corrected chi connectivity index (χ0v) is 15.5. The van der Waals surface area contributed by atoms with E-state index in [1.165, 1.54) is 38.7 Å².